The largest absolute Gasteiger partial charge is 0.340 e. The Hall–Kier alpha value is -3.61. The fourth-order valence-electron chi connectivity index (χ4n) is 4.44. The smallest absolute Gasteiger partial charge is 0.332 e. The van der Waals surface area contributed by atoms with Crippen molar-refractivity contribution in [2.45, 2.75) is 5.92 Å². The van der Waals surface area contributed by atoms with Gasteiger partial charge in [0, 0.05) is 36.7 Å². The molecule has 3 aromatic rings. The predicted octanol–water partition coefficient (Wildman–Crippen LogP) is 0.507. The number of rotatable bonds is 1. The molecule has 1 atom stereocenters. The van der Waals surface area contributed by atoms with Crippen molar-refractivity contribution in [3.8, 4) is 0 Å². The highest BCUT2D eigenvalue weighted by atomic mass is 16.2. The Morgan fingerprint density at radius 3 is 2.38 bits per heavy atom. The first kappa shape index (κ1) is 17.5. The van der Waals surface area contributed by atoms with Crippen molar-refractivity contribution in [3.63, 3.8) is 0 Å². The summed E-state index contributed by atoms with van der Waals surface area (Å²) in [5, 5.41) is 3.25. The van der Waals surface area contributed by atoms with Crippen LogP contribution in [0.1, 0.15) is 33.0 Å². The fourth-order valence-corrected chi connectivity index (χ4v) is 4.44. The van der Waals surface area contributed by atoms with E-state index in [2.05, 4.69) is 5.32 Å². The number of fused-ring (bicyclic) bond motifs is 3. The summed E-state index contributed by atoms with van der Waals surface area (Å²) in [6.07, 6.45) is 0. The van der Waals surface area contributed by atoms with Crippen molar-refractivity contribution in [2.24, 2.45) is 14.1 Å². The second kappa shape index (κ2) is 5.94. The van der Waals surface area contributed by atoms with E-state index in [0.717, 1.165) is 21.2 Å². The fraction of sp³-hybridized carbons (Fsp3) is 0.136. The molecular formula is C22H18BN3O3. The van der Waals surface area contributed by atoms with Crippen molar-refractivity contribution < 1.29 is 4.79 Å². The summed E-state index contributed by atoms with van der Waals surface area (Å²) in [4.78, 5) is 39.1. The highest BCUT2D eigenvalue weighted by Crippen LogP contribution is 2.47. The van der Waals surface area contributed by atoms with Crippen LogP contribution in [0.15, 0.2) is 63.7 Å². The zero-order chi connectivity index (χ0) is 20.4. The Kier molecular flexibility index (Phi) is 3.58. The molecule has 29 heavy (non-hydrogen) atoms. The summed E-state index contributed by atoms with van der Waals surface area (Å²) in [6.45, 7) is 0. The zero-order valence-corrected chi connectivity index (χ0v) is 16.3. The average Bonchev–Trinajstić information content (AvgIpc) is 3.01. The topological polar surface area (TPSA) is 73.1 Å². The van der Waals surface area contributed by atoms with Gasteiger partial charge in [0.15, 0.2) is 5.78 Å². The minimum absolute atomic E-state index is 0.0869. The molecule has 1 aliphatic heterocycles. The number of carbonyl (C=O) groups excluding carboxylic acids is 1. The molecule has 1 N–H and O–H groups in total. The normalized spacial score (nSPS) is 16.9. The zero-order valence-electron chi connectivity index (χ0n) is 16.3. The third-order valence-corrected chi connectivity index (χ3v) is 5.85. The van der Waals surface area contributed by atoms with Crippen LogP contribution < -0.4 is 22.0 Å². The molecule has 1 unspecified atom stereocenters. The van der Waals surface area contributed by atoms with Gasteiger partial charge in [0.2, 0.25) is 0 Å². The summed E-state index contributed by atoms with van der Waals surface area (Å²) in [6, 6.07) is 15.2. The van der Waals surface area contributed by atoms with Gasteiger partial charge in [-0.1, -0.05) is 54.0 Å². The summed E-state index contributed by atoms with van der Waals surface area (Å²) in [5.41, 5.74) is 4.14. The van der Waals surface area contributed by atoms with Crippen molar-refractivity contribution >= 4 is 30.6 Å². The van der Waals surface area contributed by atoms with Crippen molar-refractivity contribution in [1.29, 1.82) is 0 Å². The van der Waals surface area contributed by atoms with Crippen molar-refractivity contribution in [3.05, 3.63) is 97.2 Å². The van der Waals surface area contributed by atoms with E-state index >= 15 is 0 Å². The minimum atomic E-state index is -0.549. The minimum Gasteiger partial charge on any atom is -0.340 e. The number of hydrogen-bond donors (Lipinski definition) is 1. The van der Waals surface area contributed by atoms with Gasteiger partial charge in [0.05, 0.1) is 11.3 Å². The quantitative estimate of drug-likeness (QED) is 0.622. The molecule has 2 aliphatic rings. The van der Waals surface area contributed by atoms with Crippen LogP contribution in [0, 0.1) is 0 Å². The summed E-state index contributed by atoms with van der Waals surface area (Å²) >= 11 is 0. The summed E-state index contributed by atoms with van der Waals surface area (Å²) in [5.74, 6) is -0.199. The second-order valence-corrected chi connectivity index (χ2v) is 7.60. The first-order chi connectivity index (χ1) is 13.9. The number of aromatic nitrogens is 2. The van der Waals surface area contributed by atoms with Crippen LogP contribution in [0.25, 0.3) is 5.70 Å². The molecule has 1 aromatic heterocycles. The first-order valence-electron chi connectivity index (χ1n) is 9.42. The van der Waals surface area contributed by atoms with Crippen LogP contribution in [-0.2, 0) is 14.1 Å². The molecule has 0 saturated carbocycles. The molecule has 0 saturated heterocycles. The third kappa shape index (κ3) is 2.27. The van der Waals surface area contributed by atoms with Gasteiger partial charge < -0.3 is 5.32 Å². The third-order valence-electron chi connectivity index (χ3n) is 5.85. The lowest BCUT2D eigenvalue weighted by atomic mass is 9.79. The van der Waals surface area contributed by atoms with Gasteiger partial charge in [-0.25, -0.2) is 4.79 Å². The van der Waals surface area contributed by atoms with Crippen LogP contribution in [0.5, 0.6) is 0 Å². The Morgan fingerprint density at radius 1 is 0.931 bits per heavy atom. The predicted molar refractivity (Wildman–Crippen MR) is 115 cm³/mol. The van der Waals surface area contributed by atoms with Gasteiger partial charge in [0.1, 0.15) is 13.7 Å². The molecular weight excluding hydrogens is 365 g/mol. The molecule has 5 rings (SSSR count). The molecule has 142 valence electrons. The van der Waals surface area contributed by atoms with Gasteiger partial charge in [-0.15, -0.1) is 0 Å². The van der Waals surface area contributed by atoms with E-state index in [-0.39, 0.29) is 5.78 Å². The molecule has 0 spiro atoms. The Bertz CT molecular complexity index is 1380. The van der Waals surface area contributed by atoms with E-state index in [1.54, 1.807) is 13.1 Å². The molecule has 2 aromatic carbocycles. The van der Waals surface area contributed by atoms with Crippen LogP contribution in [0.3, 0.4) is 0 Å². The standard InChI is InChI=1S/C22H18BN3O3/c1-25-20-17(21(28)26(2)22(25)29)15(11-6-5-7-12(23)10-11)16-18(24-20)13-8-3-4-9-14(13)19(16)27/h3-10,15,24H,23H2,1-2H3. The van der Waals surface area contributed by atoms with E-state index in [4.69, 9.17) is 0 Å². The SMILES string of the molecule is Bc1cccc(C2C3=C(Nc4c2c(=O)n(C)c(=O)n4C)c2ccccc2C3=O)c1. The molecule has 2 heterocycles. The van der Waals surface area contributed by atoms with Gasteiger partial charge in [-0.05, 0) is 5.56 Å². The maximum absolute atomic E-state index is 13.4. The summed E-state index contributed by atoms with van der Waals surface area (Å²) in [7, 11) is 5.08. The van der Waals surface area contributed by atoms with Crippen LogP contribution in [0.2, 0.25) is 0 Å². The van der Waals surface area contributed by atoms with E-state index in [1.165, 1.54) is 11.6 Å². The second-order valence-electron chi connectivity index (χ2n) is 7.60. The highest BCUT2D eigenvalue weighted by molar-refractivity contribution is 6.32. The average molecular weight is 383 g/mol. The molecule has 0 radical (unpaired) electrons. The first-order valence-corrected chi connectivity index (χ1v) is 9.42. The van der Waals surface area contributed by atoms with Crippen LogP contribution >= 0.6 is 0 Å². The van der Waals surface area contributed by atoms with Crippen LogP contribution in [-0.4, -0.2) is 22.8 Å². The van der Waals surface area contributed by atoms with Crippen molar-refractivity contribution in [2.75, 3.05) is 5.32 Å². The monoisotopic (exact) mass is 383 g/mol. The maximum atomic E-state index is 13.4. The van der Waals surface area contributed by atoms with E-state index in [0.29, 0.717) is 28.2 Å². The highest BCUT2D eigenvalue weighted by Gasteiger charge is 2.42. The Morgan fingerprint density at radius 2 is 1.66 bits per heavy atom. The van der Waals surface area contributed by atoms with Gasteiger partial charge in [-0.3, -0.25) is 18.7 Å². The molecule has 0 bridgehead atoms. The maximum Gasteiger partial charge on any atom is 0.332 e. The number of benzene rings is 2. The lowest BCUT2D eigenvalue weighted by molar-refractivity contribution is 0.103. The van der Waals surface area contributed by atoms with E-state index in [1.807, 2.05) is 50.3 Å². The molecule has 7 heteroatoms. The van der Waals surface area contributed by atoms with Crippen molar-refractivity contribution in [1.82, 2.24) is 9.13 Å². The molecule has 1 aliphatic carbocycles. The van der Waals surface area contributed by atoms with Gasteiger partial charge in [-0.2, -0.15) is 0 Å². The molecule has 6 nitrogen and oxygen atoms in total. The molecule has 0 amide bonds. The number of nitrogens with zero attached hydrogens (tertiary/aromatic N) is 2. The number of Topliss-reactive ketones (excluding diaryl/α,β-unsaturated/α-hetero) is 1. The summed E-state index contributed by atoms with van der Waals surface area (Å²) < 4.78 is 2.54. The Labute approximate surface area is 167 Å². The lowest BCUT2D eigenvalue weighted by Gasteiger charge is -2.29. The number of carbonyl (C=O) groups is 1. The van der Waals surface area contributed by atoms with E-state index in [9.17, 15) is 14.4 Å². The number of allylic oxidation sites excluding steroid dienone is 1. The van der Waals surface area contributed by atoms with Gasteiger partial charge >= 0.3 is 5.69 Å². The number of hydrogen-bond acceptors (Lipinski definition) is 4. The van der Waals surface area contributed by atoms with Crippen LogP contribution in [0.4, 0.5) is 5.82 Å². The number of ketones is 1. The number of anilines is 1. The van der Waals surface area contributed by atoms with Gasteiger partial charge in [0.25, 0.3) is 5.56 Å². The van der Waals surface area contributed by atoms with E-state index < -0.39 is 17.2 Å². The lowest BCUT2D eigenvalue weighted by Crippen LogP contribution is -2.42. The molecule has 0 fully saturated rings. The Balaban J connectivity index is 1.90. The number of nitrogens with one attached hydrogen (secondary N) is 1.